The summed E-state index contributed by atoms with van der Waals surface area (Å²) in [6.45, 7) is 4.08. The molecule has 0 spiro atoms. The highest BCUT2D eigenvalue weighted by atomic mass is 127. The van der Waals surface area contributed by atoms with Gasteiger partial charge in [0.05, 0.1) is 6.54 Å². The average molecular weight is 506 g/mol. The van der Waals surface area contributed by atoms with Gasteiger partial charge in [-0.3, -0.25) is 0 Å². The Morgan fingerprint density at radius 1 is 1.07 bits per heavy atom. The summed E-state index contributed by atoms with van der Waals surface area (Å²) in [5.41, 5.74) is 2.95. The van der Waals surface area contributed by atoms with E-state index in [0.717, 1.165) is 43.1 Å². The summed E-state index contributed by atoms with van der Waals surface area (Å²) in [7, 11) is 0. The highest BCUT2D eigenvalue weighted by Gasteiger charge is 2.06. The third-order valence-electron chi connectivity index (χ3n) is 4.19. The Kier molecular flexibility index (Phi) is 9.49. The number of aromatic nitrogens is 1. The Labute approximate surface area is 188 Å². The van der Waals surface area contributed by atoms with Gasteiger partial charge >= 0.3 is 0 Å². The second kappa shape index (κ2) is 12.1. The molecule has 3 rings (SSSR count). The molecular weight excluding hydrogens is 479 g/mol. The van der Waals surface area contributed by atoms with Gasteiger partial charge in [0.1, 0.15) is 17.7 Å². The normalized spacial score (nSPS) is 11.0. The van der Waals surface area contributed by atoms with Crippen LogP contribution in [0.25, 0.3) is 11.5 Å². The largest absolute Gasteiger partial charge is 0.508 e. The number of guanidine groups is 1. The average Bonchev–Trinajstić information content (AvgIpc) is 3.20. The Morgan fingerprint density at radius 3 is 2.55 bits per heavy atom. The monoisotopic (exact) mass is 506 g/mol. The van der Waals surface area contributed by atoms with Gasteiger partial charge in [0, 0.05) is 18.7 Å². The number of nitrogens with one attached hydrogen (secondary N) is 2. The van der Waals surface area contributed by atoms with Crippen LogP contribution in [0.5, 0.6) is 5.75 Å². The van der Waals surface area contributed by atoms with Crippen LogP contribution in [-0.2, 0) is 13.0 Å². The van der Waals surface area contributed by atoms with E-state index < -0.39 is 0 Å². The number of phenolic OH excluding ortho intramolecular Hbond substituents is 1. The third kappa shape index (κ3) is 7.41. The van der Waals surface area contributed by atoms with Crippen molar-refractivity contribution in [3.8, 4) is 17.2 Å². The predicted molar refractivity (Wildman–Crippen MR) is 127 cm³/mol. The molecule has 0 aliphatic carbocycles. The number of benzene rings is 2. The molecule has 0 bridgehead atoms. The Morgan fingerprint density at radius 2 is 1.83 bits per heavy atom. The number of halogens is 1. The van der Waals surface area contributed by atoms with Gasteiger partial charge < -0.3 is 20.2 Å². The zero-order valence-electron chi connectivity index (χ0n) is 16.5. The first-order valence-corrected chi connectivity index (χ1v) is 9.54. The molecule has 0 aliphatic heterocycles. The van der Waals surface area contributed by atoms with E-state index in [1.54, 1.807) is 18.4 Å². The van der Waals surface area contributed by atoms with Crippen molar-refractivity contribution in [2.45, 2.75) is 26.3 Å². The number of rotatable bonds is 8. The minimum atomic E-state index is 0. The number of aromatic hydroxyl groups is 1. The summed E-state index contributed by atoms with van der Waals surface area (Å²) in [5, 5.41) is 15.9. The van der Waals surface area contributed by atoms with Crippen LogP contribution in [0.2, 0.25) is 0 Å². The van der Waals surface area contributed by atoms with Crippen molar-refractivity contribution in [1.29, 1.82) is 0 Å². The highest BCUT2D eigenvalue weighted by Crippen LogP contribution is 2.18. The van der Waals surface area contributed by atoms with Crippen LogP contribution in [0, 0.1) is 0 Å². The molecule has 0 amide bonds. The molecule has 0 fully saturated rings. The first-order chi connectivity index (χ1) is 13.7. The lowest BCUT2D eigenvalue weighted by molar-refractivity contribution is 0.475. The molecule has 29 heavy (non-hydrogen) atoms. The lowest BCUT2D eigenvalue weighted by Crippen LogP contribution is -2.37. The number of phenols is 1. The fraction of sp³-hybridized carbons (Fsp3) is 0.273. The van der Waals surface area contributed by atoms with Gasteiger partial charge in [0.15, 0.2) is 5.96 Å². The summed E-state index contributed by atoms with van der Waals surface area (Å²) in [6.07, 6.45) is 3.56. The quantitative estimate of drug-likeness (QED) is 0.183. The van der Waals surface area contributed by atoms with Crippen LogP contribution in [0.3, 0.4) is 0 Å². The van der Waals surface area contributed by atoms with Gasteiger partial charge in [-0.2, -0.15) is 0 Å². The molecule has 3 N–H and O–H groups in total. The maximum absolute atomic E-state index is 9.33. The number of hydrogen-bond acceptors (Lipinski definition) is 4. The second-order valence-corrected chi connectivity index (χ2v) is 6.40. The number of hydrogen-bond donors (Lipinski definition) is 3. The van der Waals surface area contributed by atoms with E-state index in [-0.39, 0.29) is 24.0 Å². The number of aryl methyl sites for hydroxylation is 1. The Balaban J connectivity index is 0.00000300. The van der Waals surface area contributed by atoms with E-state index in [4.69, 9.17) is 4.42 Å². The van der Waals surface area contributed by atoms with E-state index in [1.807, 2.05) is 49.4 Å². The van der Waals surface area contributed by atoms with Crippen LogP contribution < -0.4 is 10.6 Å². The minimum Gasteiger partial charge on any atom is -0.508 e. The summed E-state index contributed by atoms with van der Waals surface area (Å²) in [6, 6.07) is 17.2. The minimum absolute atomic E-state index is 0. The summed E-state index contributed by atoms with van der Waals surface area (Å²) >= 11 is 0. The predicted octanol–water partition coefficient (Wildman–Crippen LogP) is 4.35. The fourth-order valence-electron chi connectivity index (χ4n) is 2.76. The first-order valence-electron chi connectivity index (χ1n) is 9.54. The van der Waals surface area contributed by atoms with Crippen molar-refractivity contribution in [2.24, 2.45) is 4.99 Å². The molecule has 3 aromatic rings. The van der Waals surface area contributed by atoms with E-state index in [9.17, 15) is 5.11 Å². The third-order valence-corrected chi connectivity index (χ3v) is 4.19. The second-order valence-electron chi connectivity index (χ2n) is 6.40. The molecular formula is C22H27IN4O2. The van der Waals surface area contributed by atoms with Crippen molar-refractivity contribution in [2.75, 3.05) is 13.1 Å². The lowest BCUT2D eigenvalue weighted by atomic mass is 10.1. The number of aliphatic imine (C=N–C) groups is 1. The molecule has 6 nitrogen and oxygen atoms in total. The standard InChI is InChI=1S/C22H26N4O2.HI/c1-2-23-22(24-14-6-7-17-10-12-20(27)13-11-17)25-15-19-16-28-21(26-19)18-8-4-3-5-9-18;/h3-5,8-13,16,27H,2,6-7,14-15H2,1H3,(H2,23,24,25);1H. The molecule has 1 heterocycles. The van der Waals surface area contributed by atoms with Crippen LogP contribution in [0.1, 0.15) is 24.6 Å². The van der Waals surface area contributed by atoms with Gasteiger partial charge in [-0.05, 0) is 49.6 Å². The molecule has 0 unspecified atom stereocenters. The van der Waals surface area contributed by atoms with Gasteiger partial charge in [0.2, 0.25) is 5.89 Å². The topological polar surface area (TPSA) is 82.7 Å². The first kappa shape index (κ1) is 22.7. The maximum atomic E-state index is 9.33. The van der Waals surface area contributed by atoms with Crippen molar-refractivity contribution in [1.82, 2.24) is 15.6 Å². The van der Waals surface area contributed by atoms with Gasteiger partial charge in [-0.1, -0.05) is 30.3 Å². The van der Waals surface area contributed by atoms with Crippen LogP contribution in [0.4, 0.5) is 0 Å². The highest BCUT2D eigenvalue weighted by molar-refractivity contribution is 14.0. The molecule has 7 heteroatoms. The van der Waals surface area contributed by atoms with E-state index >= 15 is 0 Å². The zero-order valence-corrected chi connectivity index (χ0v) is 18.8. The Hall–Kier alpha value is -2.55. The molecule has 154 valence electrons. The van der Waals surface area contributed by atoms with Crippen molar-refractivity contribution < 1.29 is 9.52 Å². The molecule has 0 atom stereocenters. The van der Waals surface area contributed by atoms with Crippen molar-refractivity contribution in [3.05, 3.63) is 72.1 Å². The molecule has 0 aliphatic rings. The van der Waals surface area contributed by atoms with E-state index in [2.05, 4.69) is 20.6 Å². The molecule has 0 saturated heterocycles. The Bertz CT molecular complexity index is 879. The van der Waals surface area contributed by atoms with Crippen molar-refractivity contribution >= 4 is 29.9 Å². The van der Waals surface area contributed by atoms with E-state index in [1.165, 1.54) is 5.56 Å². The van der Waals surface area contributed by atoms with Crippen molar-refractivity contribution in [3.63, 3.8) is 0 Å². The van der Waals surface area contributed by atoms with Crippen LogP contribution in [-0.4, -0.2) is 29.1 Å². The number of oxazole rings is 1. The smallest absolute Gasteiger partial charge is 0.226 e. The van der Waals surface area contributed by atoms with Crippen LogP contribution in [0.15, 0.2) is 70.3 Å². The molecule has 2 aromatic carbocycles. The summed E-state index contributed by atoms with van der Waals surface area (Å²) < 4.78 is 5.56. The SMILES string of the molecule is CCNC(=NCc1coc(-c2ccccc2)n1)NCCCc1ccc(O)cc1.I. The molecule has 0 saturated carbocycles. The molecule has 1 aromatic heterocycles. The fourth-order valence-corrected chi connectivity index (χ4v) is 2.76. The summed E-state index contributed by atoms with van der Waals surface area (Å²) in [5.74, 6) is 1.67. The lowest BCUT2D eigenvalue weighted by Gasteiger charge is -2.11. The van der Waals surface area contributed by atoms with Gasteiger partial charge in [-0.15, -0.1) is 24.0 Å². The summed E-state index contributed by atoms with van der Waals surface area (Å²) in [4.78, 5) is 9.09. The maximum Gasteiger partial charge on any atom is 0.226 e. The van der Waals surface area contributed by atoms with Gasteiger partial charge in [-0.25, -0.2) is 9.98 Å². The number of nitrogens with zero attached hydrogens (tertiary/aromatic N) is 2. The van der Waals surface area contributed by atoms with E-state index in [0.29, 0.717) is 18.2 Å². The van der Waals surface area contributed by atoms with Crippen LogP contribution >= 0.6 is 24.0 Å². The zero-order chi connectivity index (χ0) is 19.6. The molecule has 0 radical (unpaired) electrons. The van der Waals surface area contributed by atoms with Gasteiger partial charge in [0.25, 0.3) is 0 Å².